The molecular formula is C22H22N4O3S. The van der Waals surface area contributed by atoms with E-state index in [2.05, 4.69) is 4.98 Å². The van der Waals surface area contributed by atoms with Gasteiger partial charge in [0, 0.05) is 42.3 Å². The number of H-pyrrole nitrogens is 1. The molecule has 154 valence electrons. The van der Waals surface area contributed by atoms with Crippen molar-refractivity contribution < 1.29 is 14.4 Å². The van der Waals surface area contributed by atoms with E-state index < -0.39 is 0 Å². The van der Waals surface area contributed by atoms with Crippen molar-refractivity contribution >= 4 is 45.0 Å². The lowest BCUT2D eigenvalue weighted by Gasteiger charge is -2.27. The van der Waals surface area contributed by atoms with Crippen molar-refractivity contribution in [3.8, 4) is 0 Å². The van der Waals surface area contributed by atoms with Gasteiger partial charge in [-0.1, -0.05) is 6.07 Å². The number of benzene rings is 1. The van der Waals surface area contributed by atoms with Crippen molar-refractivity contribution in [1.82, 2.24) is 14.8 Å². The number of anilines is 1. The lowest BCUT2D eigenvalue weighted by molar-refractivity contribution is -0.118. The summed E-state index contributed by atoms with van der Waals surface area (Å²) in [7, 11) is 1.67. The summed E-state index contributed by atoms with van der Waals surface area (Å²) in [6, 6.07) is 7.66. The zero-order valence-corrected chi connectivity index (χ0v) is 17.7. The number of amides is 3. The van der Waals surface area contributed by atoms with Crippen molar-refractivity contribution in [3.63, 3.8) is 0 Å². The van der Waals surface area contributed by atoms with E-state index in [4.69, 9.17) is 0 Å². The average molecular weight is 423 g/mol. The molecule has 0 bridgehead atoms. The van der Waals surface area contributed by atoms with E-state index in [9.17, 15) is 14.4 Å². The van der Waals surface area contributed by atoms with Gasteiger partial charge in [0.15, 0.2) is 0 Å². The van der Waals surface area contributed by atoms with Crippen LogP contribution in [0, 0.1) is 0 Å². The predicted molar refractivity (Wildman–Crippen MR) is 116 cm³/mol. The Balaban J connectivity index is 1.49. The first-order chi connectivity index (χ1) is 14.5. The fraction of sp³-hybridized carbons (Fsp3) is 0.318. The molecule has 3 aromatic rings. The fourth-order valence-corrected chi connectivity index (χ4v) is 5.76. The van der Waals surface area contributed by atoms with Crippen LogP contribution in [0.4, 0.5) is 5.00 Å². The topological polar surface area (TPSA) is 76.7 Å². The maximum absolute atomic E-state index is 13.1. The first kappa shape index (κ1) is 18.9. The van der Waals surface area contributed by atoms with Gasteiger partial charge in [0.25, 0.3) is 11.8 Å². The third-order valence-corrected chi connectivity index (χ3v) is 7.16. The van der Waals surface area contributed by atoms with Crippen LogP contribution >= 0.6 is 11.3 Å². The number of nitrogens with zero attached hydrogens (tertiary/aromatic N) is 3. The molecule has 0 fully saturated rings. The molecule has 0 radical (unpaired) electrons. The van der Waals surface area contributed by atoms with Crippen LogP contribution in [0.25, 0.3) is 10.9 Å². The third kappa shape index (κ3) is 2.82. The molecule has 0 saturated heterocycles. The number of likely N-dealkylation sites (N-methyl/N-ethyl adjacent to an activating group) is 2. The molecule has 0 saturated carbocycles. The zero-order chi connectivity index (χ0) is 21.0. The first-order valence-corrected chi connectivity index (χ1v) is 10.9. The first-order valence-electron chi connectivity index (χ1n) is 10.0. The minimum Gasteiger partial charge on any atom is -0.361 e. The Bertz CT molecular complexity index is 1190. The van der Waals surface area contributed by atoms with Crippen LogP contribution in [0.2, 0.25) is 0 Å². The second-order valence-electron chi connectivity index (χ2n) is 7.74. The SMILES string of the molecule is CCN1C(=O)CN(C)C(=O)c2c1sc1c2CCN(C(=O)c2ccc3cc[nH]c3c2)C1. The normalized spacial score (nSPS) is 16.7. The highest BCUT2D eigenvalue weighted by atomic mass is 32.1. The van der Waals surface area contributed by atoms with Crippen LogP contribution < -0.4 is 4.90 Å². The Morgan fingerprint density at radius 2 is 2.03 bits per heavy atom. The summed E-state index contributed by atoms with van der Waals surface area (Å²) in [5.74, 6) is -0.200. The van der Waals surface area contributed by atoms with Gasteiger partial charge in [0.1, 0.15) is 11.5 Å². The molecule has 1 aromatic carbocycles. The molecule has 8 heteroatoms. The van der Waals surface area contributed by atoms with Crippen molar-refractivity contribution in [1.29, 1.82) is 0 Å². The van der Waals surface area contributed by atoms with Crippen molar-refractivity contribution in [2.45, 2.75) is 19.9 Å². The Labute approximate surface area is 177 Å². The van der Waals surface area contributed by atoms with Gasteiger partial charge < -0.3 is 19.7 Å². The molecule has 5 rings (SSSR count). The van der Waals surface area contributed by atoms with Gasteiger partial charge in [0.2, 0.25) is 5.91 Å². The number of fused-ring (bicyclic) bond motifs is 4. The van der Waals surface area contributed by atoms with Crippen LogP contribution in [-0.2, 0) is 17.8 Å². The smallest absolute Gasteiger partial charge is 0.257 e. The van der Waals surface area contributed by atoms with Crippen LogP contribution in [0.1, 0.15) is 38.1 Å². The number of aromatic nitrogens is 1. The number of carbonyl (C=O) groups is 3. The van der Waals surface area contributed by atoms with Gasteiger partial charge >= 0.3 is 0 Å². The van der Waals surface area contributed by atoms with Crippen molar-refractivity contribution in [2.75, 3.05) is 31.6 Å². The second kappa shape index (κ2) is 6.98. The molecule has 4 heterocycles. The van der Waals surface area contributed by atoms with E-state index in [-0.39, 0.29) is 24.3 Å². The van der Waals surface area contributed by atoms with Gasteiger partial charge in [-0.3, -0.25) is 14.4 Å². The van der Waals surface area contributed by atoms with Gasteiger partial charge in [-0.15, -0.1) is 11.3 Å². The zero-order valence-electron chi connectivity index (χ0n) is 16.9. The van der Waals surface area contributed by atoms with Crippen LogP contribution in [0.3, 0.4) is 0 Å². The molecule has 0 atom stereocenters. The summed E-state index contributed by atoms with van der Waals surface area (Å²) in [5.41, 5.74) is 3.22. The van der Waals surface area contributed by atoms with Gasteiger partial charge in [-0.2, -0.15) is 0 Å². The largest absolute Gasteiger partial charge is 0.361 e. The number of rotatable bonds is 2. The van der Waals surface area contributed by atoms with Gasteiger partial charge in [0.05, 0.1) is 12.1 Å². The summed E-state index contributed by atoms with van der Waals surface area (Å²) in [5, 5.41) is 1.80. The van der Waals surface area contributed by atoms with E-state index in [1.807, 2.05) is 42.3 Å². The lowest BCUT2D eigenvalue weighted by Crippen LogP contribution is -2.38. The second-order valence-corrected chi connectivity index (χ2v) is 8.82. The van der Waals surface area contributed by atoms with Gasteiger partial charge in [-0.05, 0) is 42.5 Å². The number of carbonyl (C=O) groups excluding carboxylic acids is 3. The molecule has 0 spiro atoms. The highest BCUT2D eigenvalue weighted by Gasteiger charge is 2.37. The Hall–Kier alpha value is -3.13. The predicted octanol–water partition coefficient (Wildman–Crippen LogP) is 2.87. The summed E-state index contributed by atoms with van der Waals surface area (Å²) in [4.78, 5) is 47.9. The molecule has 2 aromatic heterocycles. The molecule has 7 nitrogen and oxygen atoms in total. The number of nitrogens with one attached hydrogen (secondary N) is 1. The molecular weight excluding hydrogens is 400 g/mol. The maximum Gasteiger partial charge on any atom is 0.257 e. The number of hydrogen-bond acceptors (Lipinski definition) is 4. The van der Waals surface area contributed by atoms with E-state index in [1.54, 1.807) is 11.9 Å². The molecule has 1 N–H and O–H groups in total. The van der Waals surface area contributed by atoms with E-state index in [0.717, 1.165) is 26.3 Å². The summed E-state index contributed by atoms with van der Waals surface area (Å²) in [6.45, 7) is 3.54. The fourth-order valence-electron chi connectivity index (χ4n) is 4.32. The highest BCUT2D eigenvalue weighted by Crippen LogP contribution is 2.41. The third-order valence-electron chi connectivity index (χ3n) is 5.92. The quantitative estimate of drug-likeness (QED) is 0.690. The highest BCUT2D eigenvalue weighted by molar-refractivity contribution is 7.17. The standard InChI is InChI=1S/C22H22N4O3S/c1-3-26-18(27)12-24(2)21(29)19-15-7-9-25(11-17(15)30-22(19)26)20(28)14-5-4-13-6-8-23-16(13)10-14/h4-6,8,10,23H,3,7,9,11-12H2,1-2H3. The van der Waals surface area contributed by atoms with Crippen molar-refractivity contribution in [2.24, 2.45) is 0 Å². The minimum absolute atomic E-state index is 0.0207. The number of hydrogen-bond donors (Lipinski definition) is 1. The molecule has 0 aliphatic carbocycles. The minimum atomic E-state index is -0.108. The van der Waals surface area contributed by atoms with Crippen LogP contribution in [-0.4, -0.2) is 59.2 Å². The summed E-state index contributed by atoms with van der Waals surface area (Å²) < 4.78 is 0. The van der Waals surface area contributed by atoms with Crippen LogP contribution in [0.5, 0.6) is 0 Å². The van der Waals surface area contributed by atoms with Crippen molar-refractivity contribution in [3.05, 3.63) is 52.0 Å². The maximum atomic E-state index is 13.1. The monoisotopic (exact) mass is 422 g/mol. The summed E-state index contributed by atoms with van der Waals surface area (Å²) in [6.07, 6.45) is 2.47. The average Bonchev–Trinajstić information content (AvgIpc) is 3.34. The number of aromatic amines is 1. The van der Waals surface area contributed by atoms with E-state index in [1.165, 1.54) is 16.2 Å². The Morgan fingerprint density at radius 1 is 1.20 bits per heavy atom. The molecule has 3 amide bonds. The molecule has 2 aliphatic heterocycles. The summed E-state index contributed by atoms with van der Waals surface area (Å²) >= 11 is 1.47. The molecule has 2 aliphatic rings. The Morgan fingerprint density at radius 3 is 2.83 bits per heavy atom. The molecule has 0 unspecified atom stereocenters. The Kier molecular flexibility index (Phi) is 4.39. The van der Waals surface area contributed by atoms with Gasteiger partial charge in [-0.25, -0.2) is 0 Å². The molecule has 30 heavy (non-hydrogen) atoms. The lowest BCUT2D eigenvalue weighted by atomic mass is 10.0. The van der Waals surface area contributed by atoms with E-state index >= 15 is 0 Å². The van der Waals surface area contributed by atoms with E-state index in [0.29, 0.717) is 37.2 Å². The van der Waals surface area contributed by atoms with Crippen LogP contribution in [0.15, 0.2) is 30.5 Å². The number of thiophene rings is 1.